The minimum absolute atomic E-state index is 0.0712. The van der Waals surface area contributed by atoms with Crippen LogP contribution in [0, 0.1) is 0 Å². The van der Waals surface area contributed by atoms with Crippen molar-refractivity contribution in [2.75, 3.05) is 20.3 Å². The maximum absolute atomic E-state index is 11.5. The number of benzene rings is 3. The smallest absolute Gasteiger partial charge is 0.469 e. The van der Waals surface area contributed by atoms with Gasteiger partial charge in [0, 0.05) is 29.8 Å². The van der Waals surface area contributed by atoms with Gasteiger partial charge in [0.1, 0.15) is 28.7 Å². The topological polar surface area (TPSA) is 162 Å². The van der Waals surface area contributed by atoms with E-state index in [1.807, 2.05) is 24.3 Å². The van der Waals surface area contributed by atoms with Crippen LogP contribution in [-0.4, -0.2) is 114 Å². The summed E-state index contributed by atoms with van der Waals surface area (Å²) in [5.41, 5.74) is 1.43. The van der Waals surface area contributed by atoms with Gasteiger partial charge < -0.3 is 49.1 Å². The van der Waals surface area contributed by atoms with Crippen molar-refractivity contribution in [1.82, 2.24) is 15.0 Å². The molecule has 372 valence electrons. The van der Waals surface area contributed by atoms with E-state index in [1.165, 1.54) is 0 Å². The van der Waals surface area contributed by atoms with E-state index in [2.05, 4.69) is 111 Å². The van der Waals surface area contributed by atoms with Gasteiger partial charge in [-0.05, 0) is 173 Å². The van der Waals surface area contributed by atoms with E-state index in [9.17, 15) is 10.2 Å². The van der Waals surface area contributed by atoms with E-state index < -0.39 is 68.2 Å². The van der Waals surface area contributed by atoms with Crippen molar-refractivity contribution in [2.24, 2.45) is 0 Å². The van der Waals surface area contributed by atoms with Gasteiger partial charge in [0.25, 0.3) is 0 Å². The van der Waals surface area contributed by atoms with Gasteiger partial charge in [-0.25, -0.2) is 15.0 Å². The van der Waals surface area contributed by atoms with Crippen LogP contribution in [0.2, 0.25) is 123 Å². The molecule has 1 aromatic heterocycles. The van der Waals surface area contributed by atoms with Crippen molar-refractivity contribution in [2.45, 2.75) is 136 Å². The zero-order valence-electron chi connectivity index (χ0n) is 43.5. The molecule has 4 rings (SSSR count). The highest BCUT2D eigenvalue weighted by Crippen LogP contribution is 2.37. The molecule has 2 N–H and O–H groups in total. The molecule has 0 fully saturated rings. The molecule has 0 saturated heterocycles. The molecule has 1 heterocycles. The van der Waals surface area contributed by atoms with E-state index >= 15 is 0 Å². The number of methoxy groups -OCH3 is 1. The van der Waals surface area contributed by atoms with E-state index in [0.717, 1.165) is 0 Å². The molecule has 0 aliphatic heterocycles. The van der Waals surface area contributed by atoms with Crippen molar-refractivity contribution in [3.05, 3.63) is 60.7 Å². The third-order valence-corrected chi connectivity index (χ3v) is 32.6. The highest BCUT2D eigenvalue weighted by atomic mass is 28.5. The SMILES string of the molecule is COc1ccc(-c2nc(-c3ccc(OCCC[Si](O[SiH](C)C)(O[Si](C)(C)C)O[Si](C)(C)C)cc3O)nc(-c3ccc(OCCC[Si](O[Si](C)(C)C)(O[Si](C)(C)C)O[Si](C)(C)C)cc3O)n2)cc1. The summed E-state index contributed by atoms with van der Waals surface area (Å²) >= 11 is 0. The molecule has 22 heteroatoms. The summed E-state index contributed by atoms with van der Waals surface area (Å²) < 4.78 is 58.5. The van der Waals surface area contributed by atoms with Gasteiger partial charge in [0.2, 0.25) is 0 Å². The number of hydrogen-bond acceptors (Lipinski definition) is 14. The molecule has 0 aliphatic carbocycles. The first-order valence-electron chi connectivity index (χ1n) is 23.3. The average molecular weight is 1060 g/mol. The van der Waals surface area contributed by atoms with E-state index in [4.69, 9.17) is 53.9 Å². The van der Waals surface area contributed by atoms with E-state index in [1.54, 1.807) is 43.5 Å². The number of nitrogens with zero attached hydrogens (tertiary/aromatic N) is 3. The van der Waals surface area contributed by atoms with Crippen LogP contribution < -0.4 is 14.2 Å². The van der Waals surface area contributed by atoms with Crippen molar-refractivity contribution in [3.63, 3.8) is 0 Å². The third kappa shape index (κ3) is 19.5. The van der Waals surface area contributed by atoms with Crippen LogP contribution >= 0.6 is 0 Å². The van der Waals surface area contributed by atoms with Gasteiger partial charge in [0.05, 0.1) is 31.5 Å². The standard InChI is InChI=1S/C45H79N3O11Si8/c1-51-36-23-21-35(22-24-36)43-46-44(39-27-25-37(33-41(39)49)52-29-19-31-66(54-60(2)3,55-61(4,5)6)56-62(7,8)9)48-45(47-43)40-28-26-38(34-42(40)50)53-30-20-32-67(57-63(10,11)12,58-64(13,14)15)59-65(16,17)18/h21-28,33-34,49-50,60H,19-20,29-32H2,1-18H3. The van der Waals surface area contributed by atoms with Gasteiger partial charge in [-0.2, -0.15) is 0 Å². The second-order valence-corrected chi connectivity index (χ2v) is 53.9. The van der Waals surface area contributed by atoms with Gasteiger partial charge in [0.15, 0.2) is 68.1 Å². The van der Waals surface area contributed by atoms with Crippen molar-refractivity contribution >= 4 is 68.2 Å². The van der Waals surface area contributed by atoms with Gasteiger partial charge in [-0.15, -0.1) is 0 Å². The zero-order chi connectivity index (χ0) is 50.2. The summed E-state index contributed by atoms with van der Waals surface area (Å²) in [5.74, 6) is 2.29. The molecule has 14 nitrogen and oxygen atoms in total. The second kappa shape index (κ2) is 22.9. The molecule has 0 bridgehead atoms. The Kier molecular flexibility index (Phi) is 19.4. The number of phenolic OH excluding ortho intramolecular Hbond substituents is 2. The summed E-state index contributed by atoms with van der Waals surface area (Å²) in [6, 6.07) is 18.8. The van der Waals surface area contributed by atoms with E-state index in [-0.39, 0.29) is 23.1 Å². The van der Waals surface area contributed by atoms with Crippen LogP contribution in [0.3, 0.4) is 0 Å². The van der Waals surface area contributed by atoms with Gasteiger partial charge in [-0.1, -0.05) is 0 Å². The predicted molar refractivity (Wildman–Crippen MR) is 289 cm³/mol. The molecule has 0 amide bonds. The maximum Gasteiger partial charge on any atom is 0.469 e. The molecule has 4 aromatic rings. The fourth-order valence-electron chi connectivity index (χ4n) is 7.16. The molecule has 0 spiro atoms. The quantitative estimate of drug-likeness (QED) is 0.0451. The van der Waals surface area contributed by atoms with Crippen LogP contribution in [0.15, 0.2) is 60.7 Å². The minimum Gasteiger partial charge on any atom is -0.507 e. The molecule has 0 radical (unpaired) electrons. The lowest BCUT2D eigenvalue weighted by atomic mass is 10.1. The fourth-order valence-corrected chi connectivity index (χ4v) is 35.8. The Balaban J connectivity index is 1.59. The van der Waals surface area contributed by atoms with Crippen LogP contribution in [0.5, 0.6) is 28.7 Å². The molecular weight excluding hydrogens is 983 g/mol. The Morgan fingerprint density at radius 2 is 0.806 bits per heavy atom. The zero-order valence-corrected chi connectivity index (χ0v) is 51.7. The summed E-state index contributed by atoms with van der Waals surface area (Å²) in [6.07, 6.45) is 1.32. The minimum atomic E-state index is -3.02. The van der Waals surface area contributed by atoms with Crippen LogP contribution in [0.4, 0.5) is 0 Å². The largest absolute Gasteiger partial charge is 0.507 e. The Hall–Kier alpha value is -2.83. The lowest BCUT2D eigenvalue weighted by Gasteiger charge is -2.42. The number of rotatable bonds is 26. The highest BCUT2D eigenvalue weighted by molar-refractivity contribution is 6.90. The molecule has 0 unspecified atom stereocenters. The number of ether oxygens (including phenoxy) is 3. The lowest BCUT2D eigenvalue weighted by Crippen LogP contribution is -2.60. The third-order valence-electron chi connectivity index (χ3n) is 8.92. The summed E-state index contributed by atoms with van der Waals surface area (Å²) in [7, 11) is -15.9. The Bertz CT molecular complexity index is 2170. The number of aromatic nitrogens is 3. The second-order valence-electron chi connectivity index (χ2n) is 21.9. The Morgan fingerprint density at radius 1 is 0.463 bits per heavy atom. The molecule has 0 atom stereocenters. The number of phenols is 2. The lowest BCUT2D eigenvalue weighted by molar-refractivity contribution is 0.240. The van der Waals surface area contributed by atoms with Crippen molar-refractivity contribution in [1.29, 1.82) is 0 Å². The maximum atomic E-state index is 11.5. The highest BCUT2D eigenvalue weighted by Gasteiger charge is 2.50. The predicted octanol–water partition coefficient (Wildman–Crippen LogP) is 12.0. The first kappa shape index (κ1) is 56.7. The molecule has 67 heavy (non-hydrogen) atoms. The van der Waals surface area contributed by atoms with Crippen LogP contribution in [-0.2, 0) is 24.7 Å². The molecule has 0 aliphatic rings. The molecule has 3 aromatic carbocycles. The normalized spacial score (nSPS) is 13.3. The number of hydrogen-bond donors (Lipinski definition) is 2. The fraction of sp³-hybridized carbons (Fsp3) is 0.533. The first-order chi connectivity index (χ1) is 30.8. The van der Waals surface area contributed by atoms with Gasteiger partial charge >= 0.3 is 17.6 Å². The average Bonchev–Trinajstić information content (AvgIpc) is 3.14. The summed E-state index contributed by atoms with van der Waals surface area (Å²) in [6.45, 7) is 37.7. The number of aromatic hydroxyl groups is 2. The Labute approximate surface area is 410 Å². The molecule has 0 saturated carbocycles. The summed E-state index contributed by atoms with van der Waals surface area (Å²) in [5, 5.41) is 23.0. The van der Waals surface area contributed by atoms with Crippen molar-refractivity contribution < 1.29 is 49.1 Å². The summed E-state index contributed by atoms with van der Waals surface area (Å²) in [4.78, 5) is 14.4. The van der Waals surface area contributed by atoms with Gasteiger partial charge in [-0.3, -0.25) is 0 Å². The van der Waals surface area contributed by atoms with E-state index in [0.29, 0.717) is 77.9 Å². The first-order valence-corrected chi connectivity index (χ1v) is 47.0. The van der Waals surface area contributed by atoms with Crippen LogP contribution in [0.25, 0.3) is 34.2 Å². The monoisotopic (exact) mass is 1060 g/mol. The molecular formula is C45H79N3O11Si8. The van der Waals surface area contributed by atoms with Crippen LogP contribution in [0.1, 0.15) is 12.8 Å². The Morgan fingerprint density at radius 3 is 1.15 bits per heavy atom. The van der Waals surface area contributed by atoms with Crippen molar-refractivity contribution in [3.8, 4) is 62.9 Å².